The third-order valence-corrected chi connectivity index (χ3v) is 19.0. The van der Waals surface area contributed by atoms with Crippen molar-refractivity contribution in [1.29, 1.82) is 0 Å². The van der Waals surface area contributed by atoms with Gasteiger partial charge in [0.15, 0.2) is 23.0 Å². The summed E-state index contributed by atoms with van der Waals surface area (Å²) in [4.78, 5) is 0. The lowest BCUT2D eigenvalue weighted by molar-refractivity contribution is 0.393. The van der Waals surface area contributed by atoms with Crippen LogP contribution in [0.15, 0.2) is 121 Å². The second kappa shape index (κ2) is 19.4. The van der Waals surface area contributed by atoms with E-state index in [1.54, 1.807) is 0 Å². The largest absolute Gasteiger partial charge is 0.453 e. The molecular weight excluding hydrogens is 749 g/mol. The van der Waals surface area contributed by atoms with Gasteiger partial charge in [-0.05, 0) is 55.2 Å². The monoisotopic (exact) mass is 801 g/mol. The van der Waals surface area contributed by atoms with Crippen LogP contribution in [0.5, 0.6) is 46.0 Å². The van der Waals surface area contributed by atoms with Gasteiger partial charge in [0.1, 0.15) is 34.6 Å². The average molecular weight is 802 g/mol. The summed E-state index contributed by atoms with van der Waals surface area (Å²) in [5, 5.41) is 1.43. The van der Waals surface area contributed by atoms with E-state index in [4.69, 9.17) is 42.6 Å². The highest BCUT2D eigenvalue weighted by Crippen LogP contribution is 2.63. The summed E-state index contributed by atoms with van der Waals surface area (Å²) >= 11 is 14.0. The lowest BCUT2D eigenvalue weighted by Crippen LogP contribution is -2.39. The molecule has 0 N–H and O–H groups in total. The van der Waals surface area contributed by atoms with Crippen LogP contribution in [0, 0.1) is 0 Å². The topological polar surface area (TPSA) is 46.6 Å². The van der Waals surface area contributed by atoms with Crippen molar-refractivity contribution >= 4 is 46.8 Å². The standard InChI is InChI=1S/C43H53N3O4P2S2/c1-8-44(9-2)51(7,53)42-38(47-34-26-18-14-19-27-34)40(49-36-30-22-16-23-31-36)43(52(54,45(10-3)11-4)46(12-5)13-6)41(50-37-32-24-17-25-33-37)39(42)48-35-28-20-15-21-29-35/h14-33H,8-13H2,1-7H3. The summed E-state index contributed by atoms with van der Waals surface area (Å²) in [6, 6.07) is 39.2. The molecule has 0 spiro atoms. The van der Waals surface area contributed by atoms with Gasteiger partial charge in [0.25, 0.3) is 0 Å². The lowest BCUT2D eigenvalue weighted by atomic mass is 10.2. The van der Waals surface area contributed by atoms with E-state index in [1.807, 2.05) is 121 Å². The van der Waals surface area contributed by atoms with E-state index in [2.05, 4.69) is 62.2 Å². The number of para-hydroxylation sites is 4. The Kier molecular flexibility index (Phi) is 14.9. The molecule has 0 bridgehead atoms. The summed E-state index contributed by atoms with van der Waals surface area (Å²) in [7, 11) is 0. The zero-order valence-corrected chi connectivity index (χ0v) is 35.9. The molecule has 0 amide bonds. The number of nitrogens with zero attached hydrogens (tertiary/aromatic N) is 3. The Balaban J connectivity index is 2.12. The second-order valence-electron chi connectivity index (χ2n) is 12.5. The van der Waals surface area contributed by atoms with Crippen LogP contribution in [-0.4, -0.2) is 59.9 Å². The Labute approximate surface area is 333 Å². The van der Waals surface area contributed by atoms with Gasteiger partial charge in [0.05, 0.1) is 5.30 Å². The summed E-state index contributed by atoms with van der Waals surface area (Å²) < 4.78 is 35.8. The van der Waals surface area contributed by atoms with Crippen molar-refractivity contribution in [1.82, 2.24) is 14.0 Å². The molecule has 1 unspecified atom stereocenters. The Hall–Kier alpha value is -3.52. The van der Waals surface area contributed by atoms with Crippen molar-refractivity contribution < 1.29 is 18.9 Å². The first-order valence-electron chi connectivity index (χ1n) is 18.8. The molecule has 7 nitrogen and oxygen atoms in total. The van der Waals surface area contributed by atoms with Crippen LogP contribution >= 0.6 is 12.5 Å². The molecule has 0 aliphatic carbocycles. The van der Waals surface area contributed by atoms with Gasteiger partial charge < -0.3 is 18.9 Å². The third kappa shape index (κ3) is 8.95. The van der Waals surface area contributed by atoms with Crippen molar-refractivity contribution in [3.8, 4) is 46.0 Å². The number of ether oxygens (including phenoxy) is 4. The smallest absolute Gasteiger partial charge is 0.185 e. The third-order valence-electron chi connectivity index (χ3n) is 9.33. The summed E-state index contributed by atoms with van der Waals surface area (Å²) in [5.41, 5.74) is 0. The van der Waals surface area contributed by atoms with E-state index in [0.29, 0.717) is 77.5 Å². The highest BCUT2D eigenvalue weighted by molar-refractivity contribution is 8.17. The van der Waals surface area contributed by atoms with Crippen molar-refractivity contribution in [2.75, 3.05) is 45.9 Å². The van der Waals surface area contributed by atoms with E-state index in [1.165, 1.54) is 0 Å². The number of hydrogen-bond acceptors (Lipinski definition) is 6. The highest BCUT2D eigenvalue weighted by atomic mass is 32.4. The molecule has 54 heavy (non-hydrogen) atoms. The van der Waals surface area contributed by atoms with E-state index >= 15 is 0 Å². The summed E-state index contributed by atoms with van der Waals surface area (Å²) in [6.07, 6.45) is -5.67. The van der Waals surface area contributed by atoms with E-state index in [9.17, 15) is 0 Å². The zero-order chi connectivity index (χ0) is 38.7. The maximum atomic E-state index is 7.20. The Morgan fingerprint density at radius 2 is 0.630 bits per heavy atom. The van der Waals surface area contributed by atoms with Gasteiger partial charge in [-0.1, -0.05) is 138 Å². The van der Waals surface area contributed by atoms with Crippen LogP contribution in [-0.2, 0) is 23.6 Å². The molecule has 0 radical (unpaired) electrons. The maximum Gasteiger partial charge on any atom is 0.185 e. The van der Waals surface area contributed by atoms with Gasteiger partial charge in [0.2, 0.25) is 0 Å². The van der Waals surface area contributed by atoms with Crippen molar-refractivity contribution in [2.45, 2.75) is 41.5 Å². The van der Waals surface area contributed by atoms with Crippen molar-refractivity contribution in [3.05, 3.63) is 121 Å². The SMILES string of the molecule is CCN(CC)P(C)(=S)c1c(Oc2ccccc2)c(Oc2ccccc2)c(P(=S)(N(CC)CC)N(CC)CC)c(Oc2ccccc2)c1Oc1ccccc1. The van der Waals surface area contributed by atoms with Crippen molar-refractivity contribution in [2.24, 2.45) is 0 Å². The molecule has 0 aliphatic rings. The van der Waals surface area contributed by atoms with Crippen LogP contribution in [0.3, 0.4) is 0 Å². The van der Waals surface area contributed by atoms with E-state index in [0.717, 1.165) is 18.4 Å². The van der Waals surface area contributed by atoms with Crippen LogP contribution in [0.25, 0.3) is 0 Å². The van der Waals surface area contributed by atoms with Gasteiger partial charge in [-0.25, -0.2) is 0 Å². The fourth-order valence-electron chi connectivity index (χ4n) is 6.66. The quantitative estimate of drug-likeness (QED) is 0.0760. The minimum Gasteiger partial charge on any atom is -0.453 e. The minimum atomic E-state index is -2.96. The molecule has 11 heteroatoms. The van der Waals surface area contributed by atoms with E-state index in [-0.39, 0.29) is 0 Å². The molecule has 286 valence electrons. The molecule has 1 atom stereocenters. The molecule has 0 heterocycles. The first-order chi connectivity index (χ1) is 26.2. The highest BCUT2D eigenvalue weighted by Gasteiger charge is 2.45. The molecular formula is C43H53N3O4P2S2. The number of rotatable bonds is 19. The van der Waals surface area contributed by atoms with Crippen LogP contribution in [0.1, 0.15) is 41.5 Å². The average Bonchev–Trinajstić information content (AvgIpc) is 3.19. The second-order valence-corrected chi connectivity index (χ2v) is 21.6. The molecule has 5 aromatic rings. The Morgan fingerprint density at radius 1 is 0.389 bits per heavy atom. The maximum absolute atomic E-state index is 7.20. The predicted molar refractivity (Wildman–Crippen MR) is 235 cm³/mol. The van der Waals surface area contributed by atoms with Crippen LogP contribution in [0.2, 0.25) is 0 Å². The van der Waals surface area contributed by atoms with Gasteiger partial charge in [-0.2, -0.15) is 0 Å². The fraction of sp³-hybridized carbons (Fsp3) is 0.302. The number of hydrogen-bond donors (Lipinski definition) is 0. The summed E-state index contributed by atoms with van der Waals surface area (Å²) in [5.74, 6) is 4.48. The Bertz CT molecular complexity index is 1900. The molecule has 0 fully saturated rings. The first kappa shape index (κ1) is 41.6. The van der Waals surface area contributed by atoms with Crippen molar-refractivity contribution in [3.63, 3.8) is 0 Å². The van der Waals surface area contributed by atoms with Gasteiger partial charge >= 0.3 is 0 Å². The van der Waals surface area contributed by atoms with Crippen LogP contribution < -0.4 is 29.6 Å². The summed E-state index contributed by atoms with van der Waals surface area (Å²) in [6.45, 7) is 19.3. The first-order valence-corrected chi connectivity index (χ1v) is 24.7. The van der Waals surface area contributed by atoms with E-state index < -0.39 is 12.5 Å². The molecule has 0 aromatic heterocycles. The van der Waals surface area contributed by atoms with Gasteiger partial charge in [-0.3, -0.25) is 14.0 Å². The molecule has 5 rings (SSSR count). The van der Waals surface area contributed by atoms with Crippen LogP contribution in [0.4, 0.5) is 0 Å². The molecule has 5 aromatic carbocycles. The van der Waals surface area contributed by atoms with Gasteiger partial charge in [-0.15, -0.1) is 0 Å². The molecule has 0 saturated carbocycles. The molecule has 0 aliphatic heterocycles. The predicted octanol–water partition coefficient (Wildman–Crippen LogP) is 11.5. The van der Waals surface area contributed by atoms with Gasteiger partial charge in [0, 0.05) is 45.5 Å². The fourth-order valence-corrected chi connectivity index (χ4v) is 15.4. The Morgan fingerprint density at radius 3 is 0.870 bits per heavy atom. The molecule has 0 saturated heterocycles. The minimum absolute atomic E-state index is 0.483. The zero-order valence-electron chi connectivity index (χ0n) is 32.5. The number of benzene rings is 5. The normalized spacial score (nSPS) is 12.9. The lowest BCUT2D eigenvalue weighted by Gasteiger charge is -2.44.